The van der Waals surface area contributed by atoms with Crippen molar-refractivity contribution in [1.29, 1.82) is 0 Å². The standard InChI is InChI=1S/C18H19FN2O/c19-16-10-5-4-9-15(16)18(22)21-12-6-11-20-13-17(21)14-7-2-1-3-8-14/h1-5,7-10,17,20H,6,11-13H2. The second kappa shape index (κ2) is 6.71. The number of carbonyl (C=O) groups is 1. The summed E-state index contributed by atoms with van der Waals surface area (Å²) in [6, 6.07) is 16.0. The van der Waals surface area contributed by atoms with Crippen LogP contribution >= 0.6 is 0 Å². The molecule has 1 saturated heterocycles. The van der Waals surface area contributed by atoms with Crippen molar-refractivity contribution >= 4 is 5.91 Å². The van der Waals surface area contributed by atoms with Gasteiger partial charge in [0.1, 0.15) is 5.82 Å². The Morgan fingerprint density at radius 3 is 2.59 bits per heavy atom. The molecule has 1 fully saturated rings. The fraction of sp³-hybridized carbons (Fsp3) is 0.278. The first kappa shape index (κ1) is 14.7. The van der Waals surface area contributed by atoms with E-state index in [0.29, 0.717) is 13.1 Å². The first-order chi connectivity index (χ1) is 10.8. The van der Waals surface area contributed by atoms with E-state index in [0.717, 1.165) is 18.5 Å². The zero-order chi connectivity index (χ0) is 15.4. The van der Waals surface area contributed by atoms with Crippen LogP contribution in [0.1, 0.15) is 28.4 Å². The molecule has 1 unspecified atom stereocenters. The Hall–Kier alpha value is -2.20. The average molecular weight is 298 g/mol. The topological polar surface area (TPSA) is 32.3 Å². The van der Waals surface area contributed by atoms with E-state index in [1.807, 2.05) is 30.3 Å². The summed E-state index contributed by atoms with van der Waals surface area (Å²) in [5, 5.41) is 3.36. The lowest BCUT2D eigenvalue weighted by Crippen LogP contribution is -2.38. The Labute approximate surface area is 129 Å². The van der Waals surface area contributed by atoms with Gasteiger partial charge in [0.05, 0.1) is 11.6 Å². The fourth-order valence-electron chi connectivity index (χ4n) is 2.88. The van der Waals surface area contributed by atoms with Crippen LogP contribution in [0.3, 0.4) is 0 Å². The van der Waals surface area contributed by atoms with Crippen LogP contribution in [-0.2, 0) is 0 Å². The molecule has 0 aliphatic carbocycles. The van der Waals surface area contributed by atoms with Crippen LogP contribution in [0.4, 0.5) is 4.39 Å². The maximum absolute atomic E-state index is 14.0. The molecule has 22 heavy (non-hydrogen) atoms. The molecule has 1 amide bonds. The van der Waals surface area contributed by atoms with Crippen LogP contribution in [0.15, 0.2) is 54.6 Å². The number of amides is 1. The molecule has 1 N–H and O–H groups in total. The van der Waals surface area contributed by atoms with E-state index in [9.17, 15) is 9.18 Å². The Bertz CT molecular complexity index is 645. The van der Waals surface area contributed by atoms with Gasteiger partial charge in [-0.1, -0.05) is 42.5 Å². The zero-order valence-corrected chi connectivity index (χ0v) is 12.3. The Balaban J connectivity index is 1.94. The van der Waals surface area contributed by atoms with Gasteiger partial charge in [-0.3, -0.25) is 4.79 Å². The van der Waals surface area contributed by atoms with Gasteiger partial charge in [-0.15, -0.1) is 0 Å². The molecule has 0 spiro atoms. The number of nitrogens with zero attached hydrogens (tertiary/aromatic N) is 1. The number of hydrogen-bond acceptors (Lipinski definition) is 2. The largest absolute Gasteiger partial charge is 0.330 e. The van der Waals surface area contributed by atoms with Gasteiger partial charge in [0.15, 0.2) is 0 Å². The van der Waals surface area contributed by atoms with Gasteiger partial charge >= 0.3 is 0 Å². The van der Waals surface area contributed by atoms with E-state index in [4.69, 9.17) is 0 Å². The summed E-state index contributed by atoms with van der Waals surface area (Å²) >= 11 is 0. The molecular weight excluding hydrogens is 279 g/mol. The SMILES string of the molecule is O=C(c1ccccc1F)N1CCCNCC1c1ccccc1. The minimum atomic E-state index is -0.462. The summed E-state index contributed by atoms with van der Waals surface area (Å²) in [5.41, 5.74) is 1.21. The summed E-state index contributed by atoms with van der Waals surface area (Å²) in [6.45, 7) is 2.17. The van der Waals surface area contributed by atoms with Crippen molar-refractivity contribution < 1.29 is 9.18 Å². The summed E-state index contributed by atoms with van der Waals surface area (Å²) in [4.78, 5) is 14.6. The lowest BCUT2D eigenvalue weighted by Gasteiger charge is -2.30. The summed E-state index contributed by atoms with van der Waals surface area (Å²) < 4.78 is 14.0. The molecule has 0 saturated carbocycles. The van der Waals surface area contributed by atoms with Crippen molar-refractivity contribution in [2.75, 3.05) is 19.6 Å². The quantitative estimate of drug-likeness (QED) is 0.924. The predicted molar refractivity (Wildman–Crippen MR) is 84.1 cm³/mol. The highest BCUT2D eigenvalue weighted by atomic mass is 19.1. The Morgan fingerprint density at radius 1 is 1.09 bits per heavy atom. The molecule has 1 aliphatic heterocycles. The minimum absolute atomic E-state index is 0.0733. The highest BCUT2D eigenvalue weighted by Gasteiger charge is 2.28. The van der Waals surface area contributed by atoms with E-state index in [1.54, 1.807) is 23.1 Å². The molecule has 0 radical (unpaired) electrons. The first-order valence-electron chi connectivity index (χ1n) is 7.58. The van der Waals surface area contributed by atoms with Crippen molar-refractivity contribution in [3.63, 3.8) is 0 Å². The normalized spacial score (nSPS) is 18.8. The monoisotopic (exact) mass is 298 g/mol. The molecule has 2 aromatic carbocycles. The molecular formula is C18H19FN2O. The van der Waals surface area contributed by atoms with Crippen molar-refractivity contribution in [2.45, 2.75) is 12.5 Å². The number of nitrogens with one attached hydrogen (secondary N) is 1. The average Bonchev–Trinajstić information content (AvgIpc) is 2.81. The smallest absolute Gasteiger partial charge is 0.257 e. The van der Waals surface area contributed by atoms with E-state index < -0.39 is 5.82 Å². The second-order valence-electron chi connectivity index (χ2n) is 5.46. The van der Waals surface area contributed by atoms with Gasteiger partial charge < -0.3 is 10.2 Å². The van der Waals surface area contributed by atoms with Gasteiger partial charge in [-0.25, -0.2) is 4.39 Å². The number of rotatable bonds is 2. The lowest BCUT2D eigenvalue weighted by atomic mass is 10.0. The summed E-state index contributed by atoms with van der Waals surface area (Å²) in [7, 11) is 0. The summed E-state index contributed by atoms with van der Waals surface area (Å²) in [6.07, 6.45) is 0.865. The van der Waals surface area contributed by atoms with Crippen molar-refractivity contribution in [1.82, 2.24) is 10.2 Å². The van der Waals surface area contributed by atoms with Gasteiger partial charge in [-0.05, 0) is 30.7 Å². The second-order valence-corrected chi connectivity index (χ2v) is 5.46. The van der Waals surface area contributed by atoms with Crippen LogP contribution in [0.5, 0.6) is 0 Å². The lowest BCUT2D eigenvalue weighted by molar-refractivity contribution is 0.0686. The predicted octanol–water partition coefficient (Wildman–Crippen LogP) is 3.00. The molecule has 4 heteroatoms. The van der Waals surface area contributed by atoms with Crippen molar-refractivity contribution in [3.05, 3.63) is 71.5 Å². The van der Waals surface area contributed by atoms with Crippen molar-refractivity contribution in [2.24, 2.45) is 0 Å². The molecule has 0 aromatic heterocycles. The highest BCUT2D eigenvalue weighted by Crippen LogP contribution is 2.24. The number of hydrogen-bond donors (Lipinski definition) is 1. The third-order valence-electron chi connectivity index (χ3n) is 4.02. The van der Waals surface area contributed by atoms with Gasteiger partial charge in [-0.2, -0.15) is 0 Å². The highest BCUT2D eigenvalue weighted by molar-refractivity contribution is 5.94. The zero-order valence-electron chi connectivity index (χ0n) is 12.3. The van der Waals surface area contributed by atoms with Crippen LogP contribution < -0.4 is 5.32 Å². The fourth-order valence-corrected chi connectivity index (χ4v) is 2.88. The molecule has 1 heterocycles. The summed E-state index contributed by atoms with van der Waals surface area (Å²) in [5.74, 6) is -0.702. The maximum atomic E-state index is 14.0. The molecule has 3 rings (SSSR count). The van der Waals surface area contributed by atoms with Crippen LogP contribution in [-0.4, -0.2) is 30.4 Å². The van der Waals surface area contributed by atoms with Crippen LogP contribution in [0.2, 0.25) is 0 Å². The molecule has 114 valence electrons. The van der Waals surface area contributed by atoms with Crippen LogP contribution in [0.25, 0.3) is 0 Å². The minimum Gasteiger partial charge on any atom is -0.330 e. The van der Waals surface area contributed by atoms with E-state index in [2.05, 4.69) is 5.32 Å². The maximum Gasteiger partial charge on any atom is 0.257 e. The van der Waals surface area contributed by atoms with E-state index in [1.165, 1.54) is 6.07 Å². The van der Waals surface area contributed by atoms with Gasteiger partial charge in [0.2, 0.25) is 0 Å². The Morgan fingerprint density at radius 2 is 1.82 bits per heavy atom. The number of benzene rings is 2. The first-order valence-corrected chi connectivity index (χ1v) is 7.58. The number of halogens is 1. The molecule has 1 atom stereocenters. The van der Waals surface area contributed by atoms with Gasteiger partial charge in [0.25, 0.3) is 5.91 Å². The van der Waals surface area contributed by atoms with Crippen LogP contribution in [0, 0.1) is 5.82 Å². The molecule has 2 aromatic rings. The molecule has 0 bridgehead atoms. The molecule has 3 nitrogen and oxygen atoms in total. The number of carbonyl (C=O) groups excluding carboxylic acids is 1. The third kappa shape index (κ3) is 3.02. The van der Waals surface area contributed by atoms with Gasteiger partial charge in [0, 0.05) is 13.1 Å². The third-order valence-corrected chi connectivity index (χ3v) is 4.02. The van der Waals surface area contributed by atoms with E-state index >= 15 is 0 Å². The van der Waals surface area contributed by atoms with Crippen molar-refractivity contribution in [3.8, 4) is 0 Å². The Kier molecular flexibility index (Phi) is 4.49. The van der Waals surface area contributed by atoms with E-state index in [-0.39, 0.29) is 17.5 Å². The molecule has 1 aliphatic rings.